The minimum atomic E-state index is -5.02. The van der Waals surface area contributed by atoms with Crippen molar-refractivity contribution < 1.29 is 42.2 Å². The van der Waals surface area contributed by atoms with Gasteiger partial charge in [-0.3, -0.25) is 23.9 Å². The van der Waals surface area contributed by atoms with Crippen molar-refractivity contribution in [1.29, 1.82) is 0 Å². The number of hydrogen-bond donors (Lipinski definition) is 3. The van der Waals surface area contributed by atoms with E-state index >= 15 is 0 Å². The Morgan fingerprint density at radius 2 is 1.97 bits per heavy atom. The summed E-state index contributed by atoms with van der Waals surface area (Å²) in [6.45, 7) is 1.97. The maximum Gasteiger partial charge on any atom is 0.522 e. The van der Waals surface area contributed by atoms with E-state index in [2.05, 4.69) is 15.4 Å². The van der Waals surface area contributed by atoms with Crippen molar-refractivity contribution in [2.45, 2.75) is 70.0 Å². The number of rotatable bonds is 8. The van der Waals surface area contributed by atoms with Crippen LogP contribution < -0.4 is 10.6 Å². The predicted octanol–water partition coefficient (Wildman–Crippen LogP) is 0.255. The number of Topliss-reactive ketones (excluding diaryl/α,β-unsaturated/α-hetero) is 1. The number of amides is 3. The van der Waals surface area contributed by atoms with Gasteiger partial charge >= 0.3 is 6.36 Å². The van der Waals surface area contributed by atoms with Gasteiger partial charge in [-0.05, 0) is 51.4 Å². The Morgan fingerprint density at radius 3 is 2.47 bits per heavy atom. The molecule has 9 nitrogen and oxygen atoms in total. The summed E-state index contributed by atoms with van der Waals surface area (Å²) in [6.07, 6.45) is -2.84. The van der Waals surface area contributed by atoms with Crippen molar-refractivity contribution in [1.82, 2.24) is 15.5 Å². The Morgan fingerprint density at radius 1 is 1.31 bits per heavy atom. The molecule has 1 aliphatic carbocycles. The van der Waals surface area contributed by atoms with Crippen molar-refractivity contribution in [2.24, 2.45) is 11.3 Å². The molecule has 0 radical (unpaired) electrons. The Hall–Kier alpha value is -2.21. The van der Waals surface area contributed by atoms with Gasteiger partial charge in [0.2, 0.25) is 11.8 Å². The molecule has 0 aromatic rings. The molecular formula is C20H28F3N3O6. The molecule has 2 heterocycles. The Bertz CT molecular complexity index is 790. The molecule has 32 heavy (non-hydrogen) atoms. The second-order valence-corrected chi connectivity index (χ2v) is 9.49. The summed E-state index contributed by atoms with van der Waals surface area (Å²) < 4.78 is 40.8. The molecule has 3 amide bonds. The average Bonchev–Trinajstić information content (AvgIpc) is 3.13. The molecule has 0 unspecified atom stereocenters. The van der Waals surface area contributed by atoms with Crippen LogP contribution in [0.5, 0.6) is 0 Å². The van der Waals surface area contributed by atoms with E-state index < -0.39 is 54.2 Å². The maximum atomic E-state index is 13.1. The Kier molecular flexibility index (Phi) is 6.58. The first-order valence-corrected chi connectivity index (χ1v) is 10.6. The fraction of sp³-hybridized carbons (Fsp3) is 0.800. The monoisotopic (exact) mass is 463 g/mol. The summed E-state index contributed by atoms with van der Waals surface area (Å²) in [4.78, 5) is 51.4. The minimum absolute atomic E-state index is 0.172. The van der Waals surface area contributed by atoms with Gasteiger partial charge < -0.3 is 20.6 Å². The molecule has 1 saturated carbocycles. The molecule has 1 spiro atoms. The van der Waals surface area contributed by atoms with Gasteiger partial charge in [-0.15, -0.1) is 13.2 Å². The van der Waals surface area contributed by atoms with Crippen LogP contribution in [0.3, 0.4) is 0 Å². The maximum absolute atomic E-state index is 13.1. The van der Waals surface area contributed by atoms with Crippen LogP contribution in [0.4, 0.5) is 13.2 Å². The molecule has 0 bridgehead atoms. The van der Waals surface area contributed by atoms with Gasteiger partial charge in [-0.25, -0.2) is 0 Å². The number of ether oxygens (including phenoxy) is 1. The minimum Gasteiger partial charge on any atom is -0.381 e. The molecule has 2 aliphatic heterocycles. The third kappa shape index (κ3) is 5.77. The number of halogens is 3. The first-order valence-electron chi connectivity index (χ1n) is 10.6. The van der Waals surface area contributed by atoms with Crippen LogP contribution in [-0.4, -0.2) is 77.3 Å². The van der Waals surface area contributed by atoms with Crippen LogP contribution in [0.1, 0.15) is 46.0 Å². The highest BCUT2D eigenvalue weighted by Gasteiger charge is 2.56. The summed E-state index contributed by atoms with van der Waals surface area (Å²) in [5.41, 5.74) is -1.93. The van der Waals surface area contributed by atoms with Gasteiger partial charge in [-0.1, -0.05) is 0 Å². The molecule has 3 fully saturated rings. The van der Waals surface area contributed by atoms with Crippen molar-refractivity contribution in [3.63, 3.8) is 0 Å². The molecular weight excluding hydrogens is 435 g/mol. The highest BCUT2D eigenvalue weighted by Crippen LogP contribution is 2.55. The number of carbonyl (C=O) groups excluding carboxylic acids is 4. The van der Waals surface area contributed by atoms with Crippen LogP contribution in [-0.2, 0) is 23.9 Å². The number of hydrogen-bond acceptors (Lipinski definition) is 6. The van der Waals surface area contributed by atoms with Gasteiger partial charge in [0, 0.05) is 19.0 Å². The van der Waals surface area contributed by atoms with Gasteiger partial charge in [0.05, 0.1) is 6.04 Å². The summed E-state index contributed by atoms with van der Waals surface area (Å²) in [7, 11) is 0. The van der Waals surface area contributed by atoms with Crippen LogP contribution in [0.2, 0.25) is 0 Å². The largest absolute Gasteiger partial charge is 0.522 e. The van der Waals surface area contributed by atoms with Crippen molar-refractivity contribution in [2.75, 3.05) is 19.7 Å². The smallest absolute Gasteiger partial charge is 0.381 e. The lowest BCUT2D eigenvalue weighted by Gasteiger charge is -2.30. The number of aliphatic hydroxyl groups is 1. The molecule has 180 valence electrons. The van der Waals surface area contributed by atoms with E-state index in [0.29, 0.717) is 19.4 Å². The summed E-state index contributed by atoms with van der Waals surface area (Å²) in [5, 5.41) is 15.2. The Balaban J connectivity index is 1.74. The van der Waals surface area contributed by atoms with Gasteiger partial charge in [0.25, 0.3) is 5.91 Å². The molecule has 12 heteroatoms. The van der Waals surface area contributed by atoms with E-state index in [1.807, 2.05) is 0 Å². The lowest BCUT2D eigenvalue weighted by Crippen LogP contribution is -2.55. The van der Waals surface area contributed by atoms with Crippen LogP contribution in [0.25, 0.3) is 0 Å². The lowest BCUT2D eigenvalue weighted by molar-refractivity contribution is -0.321. The summed E-state index contributed by atoms with van der Waals surface area (Å²) in [6, 6.07) is -2.35. The second kappa shape index (κ2) is 8.62. The van der Waals surface area contributed by atoms with Crippen LogP contribution >= 0.6 is 0 Å². The molecule has 0 aromatic heterocycles. The first-order chi connectivity index (χ1) is 14.7. The number of nitrogens with zero attached hydrogens (tertiary/aromatic N) is 1. The zero-order valence-electron chi connectivity index (χ0n) is 18.0. The number of ketones is 1. The average molecular weight is 463 g/mol. The second-order valence-electron chi connectivity index (χ2n) is 9.49. The van der Waals surface area contributed by atoms with Gasteiger partial charge in [-0.2, -0.15) is 0 Å². The number of likely N-dealkylation sites (tertiary alicyclic amines) is 1. The third-order valence-corrected chi connectivity index (χ3v) is 6.32. The van der Waals surface area contributed by atoms with E-state index in [1.54, 1.807) is 0 Å². The van der Waals surface area contributed by atoms with E-state index in [1.165, 1.54) is 18.7 Å². The van der Waals surface area contributed by atoms with Crippen molar-refractivity contribution >= 4 is 23.5 Å². The van der Waals surface area contributed by atoms with Crippen molar-refractivity contribution in [3.05, 3.63) is 0 Å². The van der Waals surface area contributed by atoms with E-state index in [9.17, 15) is 37.5 Å². The molecule has 2 saturated heterocycles. The number of alkyl halides is 3. The van der Waals surface area contributed by atoms with Crippen LogP contribution in [0.15, 0.2) is 0 Å². The topological polar surface area (TPSA) is 125 Å². The third-order valence-electron chi connectivity index (χ3n) is 6.32. The van der Waals surface area contributed by atoms with Gasteiger partial charge in [0.1, 0.15) is 18.2 Å². The molecule has 3 rings (SSSR count). The standard InChI is InChI=1S/C20H28F3N3O6/c1-18(2,31)17(30)26-10-19(4-5-19)8-13(26)16(29)25-12(7-11-3-6-24-15(11)28)14(27)9-32-20(21,22)23/h11-13,31H,3-10H2,1-2H3,(H,24,28)(H,25,29)/t11-,12-,13-/m0/s1. The quantitative estimate of drug-likeness (QED) is 0.474. The molecule has 0 aromatic carbocycles. The summed E-state index contributed by atoms with van der Waals surface area (Å²) >= 11 is 0. The zero-order valence-corrected chi connectivity index (χ0v) is 18.0. The highest BCUT2D eigenvalue weighted by molar-refractivity contribution is 5.95. The number of nitrogens with one attached hydrogen (secondary N) is 2. The zero-order chi connectivity index (χ0) is 23.9. The normalized spacial score (nSPS) is 25.6. The highest BCUT2D eigenvalue weighted by atomic mass is 19.4. The number of carbonyl (C=O) groups is 4. The molecule has 3 atom stereocenters. The lowest BCUT2D eigenvalue weighted by atomic mass is 9.95. The van der Waals surface area contributed by atoms with Crippen molar-refractivity contribution in [3.8, 4) is 0 Å². The molecule has 3 N–H and O–H groups in total. The van der Waals surface area contributed by atoms with Crippen LogP contribution in [0, 0.1) is 11.3 Å². The molecule has 3 aliphatic rings. The summed E-state index contributed by atoms with van der Waals surface area (Å²) in [5.74, 6) is -3.34. The van der Waals surface area contributed by atoms with Gasteiger partial charge in [0.15, 0.2) is 5.78 Å². The van der Waals surface area contributed by atoms with E-state index in [0.717, 1.165) is 12.8 Å². The Labute approximate surface area is 183 Å². The fourth-order valence-corrected chi connectivity index (χ4v) is 4.34. The SMILES string of the molecule is CC(C)(O)C(=O)N1CC2(CC2)C[C@H]1C(=O)N[C@@H](C[C@@H]1CCNC1=O)C(=O)COC(F)(F)F. The predicted molar refractivity (Wildman–Crippen MR) is 103 cm³/mol. The first kappa shape index (κ1) is 24.4. The van der Waals surface area contributed by atoms with E-state index in [4.69, 9.17) is 0 Å². The fourth-order valence-electron chi connectivity index (χ4n) is 4.34. The van der Waals surface area contributed by atoms with E-state index in [-0.39, 0.29) is 24.3 Å².